The zero-order valence-corrected chi connectivity index (χ0v) is 12.2. The van der Waals surface area contributed by atoms with Crippen LogP contribution in [0.4, 0.5) is 0 Å². The van der Waals surface area contributed by atoms with E-state index >= 15 is 0 Å². The first-order valence-corrected chi connectivity index (χ1v) is 6.98. The highest BCUT2D eigenvalue weighted by Gasteiger charge is 2.42. The lowest BCUT2D eigenvalue weighted by Gasteiger charge is -2.34. The van der Waals surface area contributed by atoms with Crippen molar-refractivity contribution in [2.45, 2.75) is 38.9 Å². The van der Waals surface area contributed by atoms with E-state index < -0.39 is 6.10 Å². The van der Waals surface area contributed by atoms with Crippen LogP contribution < -0.4 is 4.74 Å². The van der Waals surface area contributed by atoms with Crippen molar-refractivity contribution in [2.75, 3.05) is 6.61 Å². The Bertz CT molecular complexity index is 445. The van der Waals surface area contributed by atoms with Crippen LogP contribution in [0.15, 0.2) is 22.7 Å². The number of halogens is 1. The van der Waals surface area contributed by atoms with E-state index in [0.717, 1.165) is 22.2 Å². The summed E-state index contributed by atoms with van der Waals surface area (Å²) in [6, 6.07) is 5.90. The predicted molar refractivity (Wildman–Crippen MR) is 73.0 cm³/mol. The van der Waals surface area contributed by atoms with E-state index in [0.29, 0.717) is 13.0 Å². The summed E-state index contributed by atoms with van der Waals surface area (Å²) in [5.74, 6) is 0.903. The third-order valence-electron chi connectivity index (χ3n) is 2.92. The second-order valence-corrected chi connectivity index (χ2v) is 5.41. The molecule has 4 heteroatoms. The molecule has 0 heterocycles. The van der Waals surface area contributed by atoms with Crippen LogP contribution in [0.25, 0.3) is 0 Å². The van der Waals surface area contributed by atoms with Gasteiger partial charge in [-0.3, -0.25) is 4.79 Å². The number of Topliss-reactive ketones (excluding diaryl/α,β-unsaturated/α-hetero) is 1. The largest absolute Gasteiger partial charge is 0.486 e. The summed E-state index contributed by atoms with van der Waals surface area (Å²) in [5, 5.41) is 0. The number of hydrogen-bond acceptors (Lipinski definition) is 3. The number of carbonyl (C=O) groups is 1. The minimum atomic E-state index is -0.391. The molecule has 3 nitrogen and oxygen atoms in total. The van der Waals surface area contributed by atoms with E-state index in [9.17, 15) is 4.79 Å². The summed E-state index contributed by atoms with van der Waals surface area (Å²) in [6.45, 7) is 4.65. The molecule has 2 rings (SSSR count). The molecule has 0 aliphatic heterocycles. The molecule has 0 amide bonds. The van der Waals surface area contributed by atoms with Gasteiger partial charge in [-0.05, 0) is 47.0 Å². The zero-order chi connectivity index (χ0) is 13.1. The van der Waals surface area contributed by atoms with Gasteiger partial charge in [-0.15, -0.1) is 0 Å². The summed E-state index contributed by atoms with van der Waals surface area (Å²) in [4.78, 5) is 11.5. The highest BCUT2D eigenvalue weighted by atomic mass is 79.9. The van der Waals surface area contributed by atoms with Crippen LogP contribution in [0.1, 0.15) is 25.3 Å². The highest BCUT2D eigenvalue weighted by molar-refractivity contribution is 9.10. The van der Waals surface area contributed by atoms with Crippen LogP contribution >= 0.6 is 15.9 Å². The van der Waals surface area contributed by atoms with Crippen molar-refractivity contribution < 1.29 is 14.3 Å². The quantitative estimate of drug-likeness (QED) is 0.837. The van der Waals surface area contributed by atoms with E-state index in [1.807, 2.05) is 32.0 Å². The fraction of sp³-hybridized carbons (Fsp3) is 0.500. The molecule has 0 N–H and O–H groups in total. The Labute approximate surface area is 116 Å². The van der Waals surface area contributed by atoms with Gasteiger partial charge in [-0.1, -0.05) is 13.0 Å². The molecule has 1 fully saturated rings. The van der Waals surface area contributed by atoms with Crippen LogP contribution in [0, 0.1) is 6.92 Å². The van der Waals surface area contributed by atoms with Crippen LogP contribution in [0.2, 0.25) is 0 Å². The lowest BCUT2D eigenvalue weighted by Crippen LogP contribution is -2.52. The predicted octanol–water partition coefficient (Wildman–Crippen LogP) is 3.27. The molecule has 0 radical (unpaired) electrons. The van der Waals surface area contributed by atoms with Crippen LogP contribution in [0.5, 0.6) is 5.75 Å². The maximum Gasteiger partial charge on any atom is 0.169 e. The van der Waals surface area contributed by atoms with E-state index in [2.05, 4.69) is 15.9 Å². The van der Waals surface area contributed by atoms with Crippen LogP contribution in [-0.4, -0.2) is 24.6 Å². The van der Waals surface area contributed by atoms with Gasteiger partial charge in [0, 0.05) is 13.0 Å². The molecule has 18 heavy (non-hydrogen) atoms. The minimum absolute atomic E-state index is 0.136. The maximum absolute atomic E-state index is 11.5. The highest BCUT2D eigenvalue weighted by Crippen LogP contribution is 2.31. The molecule has 1 saturated carbocycles. The summed E-state index contributed by atoms with van der Waals surface area (Å²) in [5.41, 5.74) is 1.16. The average Bonchev–Trinajstić information content (AvgIpc) is 2.32. The van der Waals surface area contributed by atoms with Crippen molar-refractivity contribution >= 4 is 21.7 Å². The van der Waals surface area contributed by atoms with E-state index in [-0.39, 0.29) is 11.9 Å². The molecule has 0 saturated heterocycles. The number of rotatable bonds is 5. The van der Waals surface area contributed by atoms with Crippen LogP contribution in [0.3, 0.4) is 0 Å². The molecule has 1 aliphatic rings. The first-order valence-electron chi connectivity index (χ1n) is 6.19. The molecule has 98 valence electrons. The minimum Gasteiger partial charge on any atom is -0.486 e. The molecule has 1 aromatic rings. The second-order valence-electron chi connectivity index (χ2n) is 4.55. The van der Waals surface area contributed by atoms with Gasteiger partial charge in [0.05, 0.1) is 4.47 Å². The smallest absolute Gasteiger partial charge is 0.169 e. The Hall–Kier alpha value is -0.870. The summed E-state index contributed by atoms with van der Waals surface area (Å²) >= 11 is 3.47. The first kappa shape index (κ1) is 13.6. The van der Waals surface area contributed by atoms with Crippen molar-refractivity contribution in [3.8, 4) is 5.75 Å². The number of hydrogen-bond donors (Lipinski definition) is 0. The van der Waals surface area contributed by atoms with Gasteiger partial charge in [-0.25, -0.2) is 0 Å². The average molecular weight is 313 g/mol. The zero-order valence-electron chi connectivity index (χ0n) is 10.6. The SMILES string of the molecule is CCCOC1C(=O)CC1Oc1ccc(C)cc1Br. The van der Waals surface area contributed by atoms with Crippen LogP contribution in [-0.2, 0) is 9.53 Å². The molecular weight excluding hydrogens is 296 g/mol. The lowest BCUT2D eigenvalue weighted by molar-refractivity contribution is -0.154. The van der Waals surface area contributed by atoms with Crippen molar-refractivity contribution in [2.24, 2.45) is 0 Å². The van der Waals surface area contributed by atoms with Gasteiger partial charge in [0.2, 0.25) is 0 Å². The molecule has 0 bridgehead atoms. The molecule has 0 aromatic heterocycles. The van der Waals surface area contributed by atoms with Crippen molar-refractivity contribution in [1.82, 2.24) is 0 Å². The third-order valence-corrected chi connectivity index (χ3v) is 3.54. The van der Waals surface area contributed by atoms with Gasteiger partial charge in [0.1, 0.15) is 11.9 Å². The fourth-order valence-corrected chi connectivity index (χ4v) is 2.47. The number of aryl methyl sites for hydroxylation is 1. The first-order chi connectivity index (χ1) is 8.61. The summed E-state index contributed by atoms with van der Waals surface area (Å²) in [6.07, 6.45) is 0.806. The van der Waals surface area contributed by atoms with E-state index in [1.54, 1.807) is 0 Å². The van der Waals surface area contributed by atoms with Gasteiger partial charge in [-0.2, -0.15) is 0 Å². The molecule has 2 atom stereocenters. The van der Waals surface area contributed by atoms with Crippen molar-refractivity contribution in [1.29, 1.82) is 0 Å². The molecule has 2 unspecified atom stereocenters. The number of ketones is 1. The normalized spacial score (nSPS) is 22.7. The topological polar surface area (TPSA) is 35.5 Å². The second kappa shape index (κ2) is 5.85. The Morgan fingerprint density at radius 3 is 2.83 bits per heavy atom. The standard InChI is InChI=1S/C14H17BrO3/c1-3-6-17-14-11(16)8-13(14)18-12-5-4-9(2)7-10(12)15/h4-5,7,13-14H,3,6,8H2,1-2H3. The van der Waals surface area contributed by atoms with Crippen molar-refractivity contribution in [3.63, 3.8) is 0 Å². The fourth-order valence-electron chi connectivity index (χ4n) is 1.88. The third kappa shape index (κ3) is 2.93. The monoisotopic (exact) mass is 312 g/mol. The van der Waals surface area contributed by atoms with Gasteiger partial charge < -0.3 is 9.47 Å². The Kier molecular flexibility index (Phi) is 4.40. The lowest BCUT2D eigenvalue weighted by atomic mass is 9.90. The summed E-state index contributed by atoms with van der Waals surface area (Å²) < 4.78 is 12.2. The Morgan fingerprint density at radius 2 is 2.22 bits per heavy atom. The molecule has 1 aromatic carbocycles. The Balaban J connectivity index is 1.99. The summed E-state index contributed by atoms with van der Waals surface area (Å²) in [7, 11) is 0. The Morgan fingerprint density at radius 1 is 1.44 bits per heavy atom. The number of carbonyl (C=O) groups excluding carboxylic acids is 1. The molecular formula is C14H17BrO3. The maximum atomic E-state index is 11.5. The van der Waals surface area contributed by atoms with Gasteiger partial charge in [0.25, 0.3) is 0 Å². The number of ether oxygens (including phenoxy) is 2. The molecule has 1 aliphatic carbocycles. The number of benzene rings is 1. The van der Waals surface area contributed by atoms with Gasteiger partial charge in [0.15, 0.2) is 11.9 Å². The van der Waals surface area contributed by atoms with Gasteiger partial charge >= 0.3 is 0 Å². The van der Waals surface area contributed by atoms with E-state index in [1.165, 1.54) is 0 Å². The van der Waals surface area contributed by atoms with E-state index in [4.69, 9.17) is 9.47 Å². The van der Waals surface area contributed by atoms with Crippen molar-refractivity contribution in [3.05, 3.63) is 28.2 Å². The molecule has 0 spiro atoms.